The van der Waals surface area contributed by atoms with Gasteiger partial charge >= 0.3 is 12.0 Å². The van der Waals surface area contributed by atoms with Gasteiger partial charge < -0.3 is 15.3 Å². The molecule has 2 heterocycles. The third-order valence-corrected chi connectivity index (χ3v) is 3.98. The molecule has 0 spiro atoms. The van der Waals surface area contributed by atoms with E-state index in [0.717, 1.165) is 6.42 Å². The summed E-state index contributed by atoms with van der Waals surface area (Å²) in [6.07, 6.45) is 5.16. The number of carboxylic acids is 1. The van der Waals surface area contributed by atoms with Gasteiger partial charge in [0.05, 0.1) is 11.6 Å². The molecule has 21 heavy (non-hydrogen) atoms. The van der Waals surface area contributed by atoms with E-state index in [2.05, 4.69) is 15.6 Å². The van der Waals surface area contributed by atoms with Gasteiger partial charge in [-0.05, 0) is 26.2 Å². The molecular weight excluding hydrogens is 274 g/mol. The van der Waals surface area contributed by atoms with Crippen LogP contribution in [-0.2, 0) is 11.3 Å². The molecule has 8 nitrogen and oxygen atoms in total. The Hall–Kier alpha value is -2.12. The number of urea groups is 1. The van der Waals surface area contributed by atoms with Gasteiger partial charge in [0, 0.05) is 32.4 Å². The molecule has 1 aromatic rings. The van der Waals surface area contributed by atoms with E-state index >= 15 is 0 Å². The number of amides is 2. The number of piperidine rings is 1. The van der Waals surface area contributed by atoms with Crippen LogP contribution in [0.25, 0.3) is 0 Å². The molecule has 0 unspecified atom stereocenters. The van der Waals surface area contributed by atoms with Crippen molar-refractivity contribution < 1.29 is 14.7 Å². The average Bonchev–Trinajstić information content (AvgIpc) is 2.97. The second-order valence-electron chi connectivity index (χ2n) is 5.60. The summed E-state index contributed by atoms with van der Waals surface area (Å²) in [6.45, 7) is 3.97. The molecule has 1 fully saturated rings. The Morgan fingerprint density at radius 3 is 2.67 bits per heavy atom. The second kappa shape index (κ2) is 6.55. The van der Waals surface area contributed by atoms with Crippen LogP contribution in [0.1, 0.15) is 26.2 Å². The summed E-state index contributed by atoms with van der Waals surface area (Å²) in [5, 5.41) is 19.6. The summed E-state index contributed by atoms with van der Waals surface area (Å²) in [4.78, 5) is 24.8. The number of likely N-dealkylation sites (tertiary alicyclic amines) is 1. The number of carbonyl (C=O) groups excluding carboxylic acids is 1. The van der Waals surface area contributed by atoms with Gasteiger partial charge in [0.15, 0.2) is 0 Å². The minimum atomic E-state index is -0.782. The van der Waals surface area contributed by atoms with E-state index in [-0.39, 0.29) is 6.03 Å². The lowest BCUT2D eigenvalue weighted by molar-refractivity contribution is -0.150. The normalized spacial score (nSPS) is 17.5. The van der Waals surface area contributed by atoms with Gasteiger partial charge in [-0.2, -0.15) is 0 Å². The molecule has 1 aromatic heterocycles. The minimum absolute atomic E-state index is 0.124. The number of aliphatic carboxylic acids is 1. The number of hydrogen-bond donors (Lipinski definition) is 2. The maximum atomic E-state index is 12.0. The van der Waals surface area contributed by atoms with Gasteiger partial charge in [-0.25, -0.2) is 4.79 Å². The lowest BCUT2D eigenvalue weighted by Crippen LogP contribution is -2.48. The molecule has 1 saturated heterocycles. The third-order valence-electron chi connectivity index (χ3n) is 3.98. The summed E-state index contributed by atoms with van der Waals surface area (Å²) in [5.41, 5.74) is -0.704. The van der Waals surface area contributed by atoms with E-state index in [9.17, 15) is 9.59 Å². The first-order valence-corrected chi connectivity index (χ1v) is 7.11. The van der Waals surface area contributed by atoms with E-state index in [0.29, 0.717) is 39.0 Å². The van der Waals surface area contributed by atoms with E-state index in [1.807, 2.05) is 0 Å². The Morgan fingerprint density at radius 2 is 2.10 bits per heavy atom. The third kappa shape index (κ3) is 3.93. The van der Waals surface area contributed by atoms with E-state index in [1.54, 1.807) is 28.9 Å². The predicted molar refractivity (Wildman–Crippen MR) is 74.6 cm³/mol. The van der Waals surface area contributed by atoms with Crippen LogP contribution >= 0.6 is 0 Å². The number of hydrogen-bond acceptors (Lipinski definition) is 4. The highest BCUT2D eigenvalue weighted by molar-refractivity contribution is 5.76. The van der Waals surface area contributed by atoms with Gasteiger partial charge in [-0.15, -0.1) is 5.10 Å². The molecule has 0 radical (unpaired) electrons. The van der Waals surface area contributed by atoms with Crippen LogP contribution in [0.5, 0.6) is 0 Å². The van der Waals surface area contributed by atoms with Crippen molar-refractivity contribution in [3.8, 4) is 0 Å². The maximum Gasteiger partial charge on any atom is 0.317 e. The van der Waals surface area contributed by atoms with Crippen molar-refractivity contribution in [3.05, 3.63) is 12.4 Å². The highest BCUT2D eigenvalue weighted by Crippen LogP contribution is 2.30. The van der Waals surface area contributed by atoms with Crippen molar-refractivity contribution in [2.45, 2.75) is 32.7 Å². The highest BCUT2D eigenvalue weighted by Gasteiger charge is 2.37. The van der Waals surface area contributed by atoms with Crippen LogP contribution < -0.4 is 5.32 Å². The molecule has 2 amide bonds. The Kier molecular flexibility index (Phi) is 4.77. The summed E-state index contributed by atoms with van der Waals surface area (Å²) in [7, 11) is 0. The summed E-state index contributed by atoms with van der Waals surface area (Å²) < 4.78 is 1.71. The zero-order valence-electron chi connectivity index (χ0n) is 12.2. The smallest absolute Gasteiger partial charge is 0.317 e. The van der Waals surface area contributed by atoms with Gasteiger partial charge in [0.1, 0.15) is 0 Å². The zero-order valence-corrected chi connectivity index (χ0v) is 12.2. The molecule has 0 atom stereocenters. The summed E-state index contributed by atoms with van der Waals surface area (Å²) in [5.74, 6) is -0.782. The second-order valence-corrected chi connectivity index (χ2v) is 5.60. The van der Waals surface area contributed by atoms with Crippen molar-refractivity contribution in [3.63, 3.8) is 0 Å². The fourth-order valence-electron chi connectivity index (χ4n) is 2.32. The van der Waals surface area contributed by atoms with E-state index in [4.69, 9.17) is 5.11 Å². The van der Waals surface area contributed by atoms with Crippen molar-refractivity contribution >= 4 is 12.0 Å². The van der Waals surface area contributed by atoms with Crippen molar-refractivity contribution in [1.29, 1.82) is 0 Å². The fourth-order valence-corrected chi connectivity index (χ4v) is 2.32. The largest absolute Gasteiger partial charge is 0.481 e. The van der Waals surface area contributed by atoms with Crippen LogP contribution in [-0.4, -0.2) is 56.6 Å². The van der Waals surface area contributed by atoms with Crippen LogP contribution in [0.2, 0.25) is 0 Å². The van der Waals surface area contributed by atoms with Gasteiger partial charge in [0.2, 0.25) is 0 Å². The quantitative estimate of drug-likeness (QED) is 0.773. The number of aromatic nitrogens is 3. The molecular formula is C13H21N5O3. The van der Waals surface area contributed by atoms with Gasteiger partial charge in [0.25, 0.3) is 0 Å². The molecule has 2 N–H and O–H groups in total. The topological polar surface area (TPSA) is 100 Å². The number of nitrogens with one attached hydrogen (secondary N) is 1. The molecule has 0 bridgehead atoms. The molecule has 0 aromatic carbocycles. The SMILES string of the molecule is CC1(C(=O)O)CCN(C(=O)NCCCn2ccnn2)CC1. The predicted octanol–water partition coefficient (Wildman–Crippen LogP) is 0.564. The lowest BCUT2D eigenvalue weighted by atomic mass is 9.80. The first kappa shape index (κ1) is 15.3. The van der Waals surface area contributed by atoms with Crippen LogP contribution in [0.4, 0.5) is 4.79 Å². The molecule has 0 saturated carbocycles. The Bertz CT molecular complexity index is 480. The Labute approximate surface area is 123 Å². The fraction of sp³-hybridized carbons (Fsp3) is 0.692. The molecule has 1 aliphatic rings. The number of aryl methyl sites for hydroxylation is 1. The first-order valence-electron chi connectivity index (χ1n) is 7.11. The Balaban J connectivity index is 1.67. The molecule has 8 heteroatoms. The van der Waals surface area contributed by atoms with Crippen molar-refractivity contribution in [2.24, 2.45) is 5.41 Å². The van der Waals surface area contributed by atoms with Crippen molar-refractivity contribution in [2.75, 3.05) is 19.6 Å². The minimum Gasteiger partial charge on any atom is -0.481 e. The number of carboxylic acid groups (broad SMARTS) is 1. The van der Waals surface area contributed by atoms with Crippen LogP contribution in [0.3, 0.4) is 0 Å². The number of rotatable bonds is 5. The standard InChI is InChI=1S/C13H21N5O3/c1-13(11(19)20)3-8-17(9-4-13)12(21)14-5-2-7-18-10-6-15-16-18/h6,10H,2-5,7-9H2,1H3,(H,14,21)(H,19,20). The summed E-state index contributed by atoms with van der Waals surface area (Å²) >= 11 is 0. The first-order chi connectivity index (χ1) is 10.0. The number of nitrogens with zero attached hydrogens (tertiary/aromatic N) is 4. The van der Waals surface area contributed by atoms with E-state index in [1.165, 1.54) is 0 Å². The maximum absolute atomic E-state index is 12.0. The number of carbonyl (C=O) groups is 2. The molecule has 0 aliphatic carbocycles. The van der Waals surface area contributed by atoms with Crippen LogP contribution in [0, 0.1) is 5.41 Å². The van der Waals surface area contributed by atoms with E-state index < -0.39 is 11.4 Å². The molecule has 116 valence electrons. The Morgan fingerprint density at radius 1 is 1.38 bits per heavy atom. The highest BCUT2D eigenvalue weighted by atomic mass is 16.4. The molecule has 2 rings (SSSR count). The monoisotopic (exact) mass is 295 g/mol. The van der Waals surface area contributed by atoms with Gasteiger partial charge in [-0.3, -0.25) is 9.48 Å². The zero-order chi connectivity index (χ0) is 15.3. The van der Waals surface area contributed by atoms with Gasteiger partial charge in [-0.1, -0.05) is 5.21 Å². The average molecular weight is 295 g/mol. The lowest BCUT2D eigenvalue weighted by Gasteiger charge is -2.36. The molecule has 1 aliphatic heterocycles. The van der Waals surface area contributed by atoms with Crippen LogP contribution in [0.15, 0.2) is 12.4 Å². The summed E-state index contributed by atoms with van der Waals surface area (Å²) in [6, 6.07) is -0.124. The van der Waals surface area contributed by atoms with Crippen molar-refractivity contribution in [1.82, 2.24) is 25.2 Å².